The Morgan fingerprint density at radius 3 is 2.31 bits per heavy atom. The van der Waals surface area contributed by atoms with Crippen molar-refractivity contribution in [2.75, 3.05) is 86.7 Å². The lowest BCUT2D eigenvalue weighted by molar-refractivity contribution is -0.136. The van der Waals surface area contributed by atoms with Crippen molar-refractivity contribution in [2.24, 2.45) is 13.0 Å². The van der Waals surface area contributed by atoms with Crippen molar-refractivity contribution in [1.29, 1.82) is 0 Å². The maximum absolute atomic E-state index is 13.6. The van der Waals surface area contributed by atoms with Crippen molar-refractivity contribution in [1.82, 2.24) is 34.9 Å². The fraction of sp³-hybridized carbons (Fsp3) is 0.346. The van der Waals surface area contributed by atoms with Gasteiger partial charge >= 0.3 is 0 Å². The third-order valence-electron chi connectivity index (χ3n) is 14.0. The summed E-state index contributed by atoms with van der Waals surface area (Å²) in [7, 11) is 0.839. The van der Waals surface area contributed by atoms with Crippen molar-refractivity contribution in [3.63, 3.8) is 0 Å². The van der Waals surface area contributed by atoms with Crippen molar-refractivity contribution in [3.05, 3.63) is 114 Å². The van der Waals surface area contributed by atoms with E-state index in [0.29, 0.717) is 63.7 Å². The number of aromatic nitrogens is 4. The van der Waals surface area contributed by atoms with Crippen molar-refractivity contribution >= 4 is 76.3 Å². The summed E-state index contributed by atoms with van der Waals surface area (Å²) in [6, 6.07) is 25.4. The molecule has 4 aliphatic heterocycles. The topological polar surface area (TPSA) is 170 Å². The first-order valence-corrected chi connectivity index (χ1v) is 26.8. The number of nitrogens with zero attached hydrogens (tertiary/aromatic N) is 8. The van der Waals surface area contributed by atoms with E-state index in [9.17, 15) is 18.9 Å². The van der Waals surface area contributed by atoms with Gasteiger partial charge in [0.2, 0.25) is 17.8 Å². The number of fused-ring (bicyclic) bond motifs is 1. The number of benzene rings is 4. The molecule has 10 rings (SSSR count). The second-order valence-corrected chi connectivity index (χ2v) is 22.6. The number of anilines is 6. The molecule has 0 spiro atoms. The first-order valence-electron chi connectivity index (χ1n) is 23.8. The summed E-state index contributed by atoms with van der Waals surface area (Å²) in [6.07, 6.45) is 8.13. The summed E-state index contributed by atoms with van der Waals surface area (Å²) in [5, 5.41) is 14.7. The maximum atomic E-state index is 13.6. The highest BCUT2D eigenvalue weighted by atomic mass is 35.5. The van der Waals surface area contributed by atoms with Gasteiger partial charge in [0.15, 0.2) is 5.82 Å². The van der Waals surface area contributed by atoms with E-state index in [-0.39, 0.29) is 18.2 Å². The predicted octanol–water partition coefficient (Wildman–Crippen LogP) is 7.74. The van der Waals surface area contributed by atoms with Crippen molar-refractivity contribution in [2.45, 2.75) is 38.3 Å². The molecular formula is C52H57ClN11O5P. The summed E-state index contributed by atoms with van der Waals surface area (Å²) >= 11 is 6.70. The Morgan fingerprint density at radius 1 is 0.814 bits per heavy atom. The van der Waals surface area contributed by atoms with Crippen LogP contribution in [0.1, 0.15) is 41.6 Å². The molecule has 1 atom stereocenters. The number of nitrogens with one attached hydrogen (secondary N) is 3. The van der Waals surface area contributed by atoms with E-state index in [2.05, 4.69) is 58.9 Å². The number of hydrogen-bond acceptors (Lipinski definition) is 13. The number of methoxy groups -OCH3 is 1. The van der Waals surface area contributed by atoms with Crippen LogP contribution in [0.25, 0.3) is 22.3 Å². The summed E-state index contributed by atoms with van der Waals surface area (Å²) in [5.41, 5.74) is 9.03. The molecule has 6 aromatic rings. The molecule has 16 nitrogen and oxygen atoms in total. The second kappa shape index (κ2) is 19.6. The first-order chi connectivity index (χ1) is 33.8. The fourth-order valence-corrected chi connectivity index (χ4v) is 11.5. The monoisotopic (exact) mass is 981 g/mol. The Hall–Kier alpha value is -6.74. The van der Waals surface area contributed by atoms with Gasteiger partial charge in [-0.05, 0) is 91.6 Å². The first kappa shape index (κ1) is 47.0. The van der Waals surface area contributed by atoms with Crippen molar-refractivity contribution in [3.8, 4) is 28.0 Å². The number of rotatable bonds is 13. The molecule has 4 aromatic carbocycles. The molecule has 0 bridgehead atoms. The summed E-state index contributed by atoms with van der Waals surface area (Å²) < 4.78 is 21.5. The zero-order valence-electron chi connectivity index (χ0n) is 39.8. The number of piperidine rings is 2. The van der Waals surface area contributed by atoms with Crippen LogP contribution in [-0.2, 0) is 27.7 Å². The van der Waals surface area contributed by atoms with Gasteiger partial charge in [-0.25, -0.2) is 4.98 Å². The molecule has 3 saturated heterocycles. The molecule has 4 aliphatic rings. The minimum atomic E-state index is -2.73. The molecule has 6 heterocycles. The van der Waals surface area contributed by atoms with Gasteiger partial charge in [0, 0.05) is 111 Å². The van der Waals surface area contributed by atoms with E-state index in [1.165, 1.54) is 0 Å². The summed E-state index contributed by atoms with van der Waals surface area (Å²) in [4.78, 5) is 55.9. The molecule has 0 unspecified atom stereocenters. The molecule has 362 valence electrons. The van der Waals surface area contributed by atoms with Crippen LogP contribution in [-0.4, -0.2) is 120 Å². The number of aryl methyl sites for hydroxylation is 1. The van der Waals surface area contributed by atoms with E-state index >= 15 is 0 Å². The number of piperazine rings is 1. The Kier molecular flexibility index (Phi) is 13.1. The Balaban J connectivity index is 0.793. The third-order valence-corrected chi connectivity index (χ3v) is 15.8. The van der Waals surface area contributed by atoms with E-state index in [1.807, 2.05) is 80.1 Å². The standard InChI is InChI=1S/C52H57ClN11O5P/c1-60-31-37(28-55-60)40-26-43(57-52-54-29-41(53)49(59-52)56-42-13-10-35(25-47(42)70(3,4)68)34-8-6-5-7-9-34)46(69-2)27-45(40)63-18-16-33(17-19-63)30-61-20-22-62(23-21-61)38-11-12-39-36(24-38)32-64(51(39)67)44-14-15-48(65)58-50(44)66/h5-13,24-29,31,33,44H,14-23,30,32H2,1-4H3,(H,58,65,66)(H2,54,56,57,59)/t44-/m1/s1. The molecule has 0 saturated carbocycles. The Morgan fingerprint density at radius 2 is 1.60 bits per heavy atom. The highest BCUT2D eigenvalue weighted by molar-refractivity contribution is 7.70. The molecule has 0 radical (unpaired) electrons. The SMILES string of the molecule is COc1cc(N2CCC(CN3CCN(c4ccc5c(c4)CN([C@@H]4CCC(=O)NC4=O)C5=O)CC3)CC2)c(-c2cnn(C)c2)cc1Nc1ncc(Cl)c(Nc2ccc(-c3ccccc3)cc2P(C)(C)=O)n1. The van der Waals surface area contributed by atoms with Crippen LogP contribution in [0.2, 0.25) is 5.02 Å². The molecule has 3 N–H and O–H groups in total. The van der Waals surface area contributed by atoms with Crippen LogP contribution in [0.15, 0.2) is 97.5 Å². The van der Waals surface area contributed by atoms with E-state index in [1.54, 1.807) is 36.2 Å². The third kappa shape index (κ3) is 9.85. The van der Waals surface area contributed by atoms with Crippen LogP contribution < -0.4 is 35.8 Å². The van der Waals surface area contributed by atoms with Crippen molar-refractivity contribution < 1.29 is 23.7 Å². The number of amides is 3. The zero-order valence-corrected chi connectivity index (χ0v) is 41.5. The quantitative estimate of drug-likeness (QED) is 0.0760. The highest BCUT2D eigenvalue weighted by Gasteiger charge is 2.39. The normalized spacial score (nSPS) is 18.0. The Bertz CT molecular complexity index is 3020. The number of hydrogen-bond donors (Lipinski definition) is 3. The predicted molar refractivity (Wildman–Crippen MR) is 276 cm³/mol. The van der Waals surface area contributed by atoms with Crippen LogP contribution in [0.3, 0.4) is 0 Å². The fourth-order valence-electron chi connectivity index (χ4n) is 10.2. The van der Waals surface area contributed by atoms with Gasteiger partial charge in [-0.2, -0.15) is 10.1 Å². The summed E-state index contributed by atoms with van der Waals surface area (Å²) in [5.74, 6) is 1.04. The molecule has 3 amide bonds. The van der Waals surface area contributed by atoms with Gasteiger partial charge in [0.25, 0.3) is 5.91 Å². The number of imide groups is 1. The molecule has 3 fully saturated rings. The zero-order chi connectivity index (χ0) is 48.7. The number of halogens is 1. The number of ether oxygens (including phenoxy) is 1. The van der Waals surface area contributed by atoms with E-state index in [0.717, 1.165) is 97.8 Å². The van der Waals surface area contributed by atoms with Gasteiger partial charge in [-0.1, -0.05) is 48.0 Å². The average molecular weight is 983 g/mol. The molecule has 0 aliphatic carbocycles. The lowest BCUT2D eigenvalue weighted by Gasteiger charge is -2.40. The molecular weight excluding hydrogens is 925 g/mol. The van der Waals surface area contributed by atoms with Gasteiger partial charge in [0.1, 0.15) is 24.0 Å². The van der Waals surface area contributed by atoms with E-state index < -0.39 is 19.1 Å². The van der Waals surface area contributed by atoms with Crippen LogP contribution in [0.5, 0.6) is 5.75 Å². The average Bonchev–Trinajstić information content (AvgIpc) is 3.94. The molecule has 2 aromatic heterocycles. The smallest absolute Gasteiger partial charge is 0.255 e. The minimum Gasteiger partial charge on any atom is -0.494 e. The van der Waals surface area contributed by atoms with E-state index in [4.69, 9.17) is 21.3 Å². The largest absolute Gasteiger partial charge is 0.494 e. The van der Waals surface area contributed by atoms with Gasteiger partial charge in [0.05, 0.1) is 30.9 Å². The second-order valence-electron chi connectivity index (χ2n) is 19.0. The maximum Gasteiger partial charge on any atom is 0.255 e. The van der Waals surface area contributed by atoms with Gasteiger partial charge < -0.3 is 34.6 Å². The van der Waals surface area contributed by atoms with Gasteiger partial charge in [-0.3, -0.25) is 29.3 Å². The van der Waals surface area contributed by atoms with Crippen LogP contribution in [0.4, 0.5) is 34.5 Å². The minimum absolute atomic E-state index is 0.148. The van der Waals surface area contributed by atoms with Gasteiger partial charge in [-0.15, -0.1) is 0 Å². The Labute approximate surface area is 412 Å². The molecule has 18 heteroatoms. The number of carbonyl (C=O) groups excluding carboxylic acids is 3. The number of carbonyl (C=O) groups is 3. The highest BCUT2D eigenvalue weighted by Crippen LogP contribution is 2.43. The lowest BCUT2D eigenvalue weighted by Crippen LogP contribution is -2.52. The van der Waals surface area contributed by atoms with Crippen LogP contribution in [0, 0.1) is 5.92 Å². The lowest BCUT2D eigenvalue weighted by atomic mass is 9.94. The summed E-state index contributed by atoms with van der Waals surface area (Å²) in [6.45, 7) is 10.4. The van der Waals surface area contributed by atoms with Crippen LogP contribution >= 0.6 is 18.7 Å². The molecule has 70 heavy (non-hydrogen) atoms.